The zero-order valence-electron chi connectivity index (χ0n) is 8.26. The molecule has 0 aliphatic carbocycles. The fourth-order valence-corrected chi connectivity index (χ4v) is 2.17. The number of hydrogen-bond donors (Lipinski definition) is 2. The second-order valence-corrected chi connectivity index (χ2v) is 4.22. The third-order valence-corrected chi connectivity index (χ3v) is 3.14. The maximum Gasteiger partial charge on any atom is 0.0288 e. The summed E-state index contributed by atoms with van der Waals surface area (Å²) in [6.07, 6.45) is 3.94. The first-order valence-electron chi connectivity index (χ1n) is 5.52. The Balaban J connectivity index is 1.60. The summed E-state index contributed by atoms with van der Waals surface area (Å²) >= 11 is 0. The van der Waals surface area contributed by atoms with Crippen LogP contribution in [0, 0.1) is 5.92 Å². The molecule has 75 valence electrons. The predicted molar refractivity (Wildman–Crippen MR) is 53.9 cm³/mol. The Labute approximate surface area is 80.7 Å². The first-order chi connectivity index (χ1) is 6.45. The van der Waals surface area contributed by atoms with Gasteiger partial charge in [-0.15, -0.1) is 0 Å². The summed E-state index contributed by atoms with van der Waals surface area (Å²) < 4.78 is 0. The molecular weight excluding hydrogens is 162 g/mol. The van der Waals surface area contributed by atoms with E-state index in [1.807, 2.05) is 0 Å². The number of piperidine rings is 1. The van der Waals surface area contributed by atoms with Crippen molar-refractivity contribution in [3.8, 4) is 0 Å². The molecular formula is C10H20N3. The summed E-state index contributed by atoms with van der Waals surface area (Å²) in [7, 11) is 0. The van der Waals surface area contributed by atoms with Crippen LogP contribution in [0.25, 0.3) is 0 Å². The molecule has 3 nitrogen and oxygen atoms in total. The minimum absolute atomic E-state index is 0.690. The number of hydrogen-bond acceptors (Lipinski definition) is 2. The second kappa shape index (κ2) is 4.94. The molecule has 2 saturated heterocycles. The van der Waals surface area contributed by atoms with Gasteiger partial charge >= 0.3 is 0 Å². The van der Waals surface area contributed by atoms with Crippen molar-refractivity contribution < 1.29 is 0 Å². The molecule has 2 aliphatic rings. The molecule has 0 aromatic heterocycles. The van der Waals surface area contributed by atoms with Gasteiger partial charge in [-0.05, 0) is 44.8 Å². The monoisotopic (exact) mass is 182 g/mol. The normalized spacial score (nSPS) is 30.9. The minimum atomic E-state index is 0.690. The van der Waals surface area contributed by atoms with E-state index >= 15 is 0 Å². The van der Waals surface area contributed by atoms with E-state index in [0.29, 0.717) is 6.04 Å². The third-order valence-electron chi connectivity index (χ3n) is 3.14. The molecule has 0 saturated carbocycles. The highest BCUT2D eigenvalue weighted by atomic mass is 15.0. The summed E-state index contributed by atoms with van der Waals surface area (Å²) in [4.78, 5) is 0. The van der Waals surface area contributed by atoms with Crippen molar-refractivity contribution in [1.29, 1.82) is 0 Å². The Morgan fingerprint density at radius 3 is 2.77 bits per heavy atom. The molecule has 0 amide bonds. The molecule has 2 aliphatic heterocycles. The van der Waals surface area contributed by atoms with Gasteiger partial charge in [0.15, 0.2) is 0 Å². The summed E-state index contributed by atoms with van der Waals surface area (Å²) in [5.41, 5.74) is 0. The van der Waals surface area contributed by atoms with Gasteiger partial charge in [-0.3, -0.25) is 0 Å². The average molecular weight is 182 g/mol. The van der Waals surface area contributed by atoms with Crippen LogP contribution in [0.4, 0.5) is 0 Å². The highest BCUT2D eigenvalue weighted by molar-refractivity contribution is 4.79. The molecule has 2 N–H and O–H groups in total. The van der Waals surface area contributed by atoms with Crippen LogP contribution in [0.5, 0.6) is 0 Å². The van der Waals surface area contributed by atoms with Crippen LogP contribution >= 0.6 is 0 Å². The van der Waals surface area contributed by atoms with Gasteiger partial charge in [0.2, 0.25) is 0 Å². The van der Waals surface area contributed by atoms with Crippen molar-refractivity contribution in [3.63, 3.8) is 0 Å². The first kappa shape index (κ1) is 9.44. The fraction of sp³-hybridized carbons (Fsp3) is 1.00. The van der Waals surface area contributed by atoms with E-state index in [2.05, 4.69) is 16.0 Å². The lowest BCUT2D eigenvalue weighted by molar-refractivity contribution is 0.343. The van der Waals surface area contributed by atoms with Crippen LogP contribution in [0.1, 0.15) is 19.3 Å². The number of nitrogens with zero attached hydrogens (tertiary/aromatic N) is 1. The van der Waals surface area contributed by atoms with Crippen LogP contribution in [0.3, 0.4) is 0 Å². The molecule has 0 aromatic rings. The van der Waals surface area contributed by atoms with Gasteiger partial charge in [0.25, 0.3) is 0 Å². The van der Waals surface area contributed by atoms with E-state index in [-0.39, 0.29) is 0 Å². The van der Waals surface area contributed by atoms with Crippen LogP contribution in [-0.4, -0.2) is 38.8 Å². The Morgan fingerprint density at radius 1 is 1.23 bits per heavy atom. The van der Waals surface area contributed by atoms with E-state index in [9.17, 15) is 0 Å². The average Bonchev–Trinajstić information content (AvgIpc) is 2.69. The van der Waals surface area contributed by atoms with Gasteiger partial charge in [0, 0.05) is 19.1 Å². The molecule has 0 spiro atoms. The van der Waals surface area contributed by atoms with Crippen molar-refractivity contribution in [3.05, 3.63) is 0 Å². The van der Waals surface area contributed by atoms with E-state index in [1.54, 1.807) is 0 Å². The Morgan fingerprint density at radius 2 is 2.08 bits per heavy atom. The zero-order valence-corrected chi connectivity index (χ0v) is 8.26. The molecule has 1 atom stereocenters. The van der Waals surface area contributed by atoms with Crippen molar-refractivity contribution >= 4 is 0 Å². The van der Waals surface area contributed by atoms with Crippen LogP contribution in [-0.2, 0) is 0 Å². The summed E-state index contributed by atoms with van der Waals surface area (Å²) in [5, 5.41) is 11.4. The van der Waals surface area contributed by atoms with Crippen LogP contribution < -0.4 is 16.0 Å². The molecule has 1 unspecified atom stereocenters. The lowest BCUT2D eigenvalue weighted by Crippen LogP contribution is -2.38. The molecule has 0 aromatic carbocycles. The smallest absolute Gasteiger partial charge is 0.0288 e. The molecule has 13 heavy (non-hydrogen) atoms. The lowest BCUT2D eigenvalue weighted by atomic mass is 9.98. The van der Waals surface area contributed by atoms with Gasteiger partial charge in [-0.1, -0.05) is 0 Å². The van der Waals surface area contributed by atoms with Gasteiger partial charge in [-0.2, -0.15) is 0 Å². The van der Waals surface area contributed by atoms with Crippen molar-refractivity contribution in [2.24, 2.45) is 5.92 Å². The maximum absolute atomic E-state index is 4.35. The number of nitrogens with one attached hydrogen (secondary N) is 2. The molecule has 3 heteroatoms. The quantitative estimate of drug-likeness (QED) is 0.642. The molecule has 2 rings (SSSR count). The SMILES string of the molecule is C1CC(NCC2CCNCC2)C[N]1. The van der Waals surface area contributed by atoms with Gasteiger partial charge < -0.3 is 10.6 Å². The number of rotatable bonds is 3. The van der Waals surface area contributed by atoms with Gasteiger partial charge in [0.05, 0.1) is 0 Å². The van der Waals surface area contributed by atoms with Crippen molar-refractivity contribution in [2.75, 3.05) is 32.7 Å². The highest BCUT2D eigenvalue weighted by Crippen LogP contribution is 2.10. The lowest BCUT2D eigenvalue weighted by Gasteiger charge is -2.24. The standard InChI is InChI=1S/C10H20N3/c1-4-11-5-2-9(1)7-13-10-3-6-12-8-10/h9-11,13H,1-8H2. The van der Waals surface area contributed by atoms with Crippen LogP contribution in [0.15, 0.2) is 0 Å². The van der Waals surface area contributed by atoms with Crippen molar-refractivity contribution in [1.82, 2.24) is 16.0 Å². The largest absolute Gasteiger partial charge is 0.317 e. The second-order valence-electron chi connectivity index (χ2n) is 4.22. The third kappa shape index (κ3) is 2.93. The van der Waals surface area contributed by atoms with E-state index in [4.69, 9.17) is 0 Å². The Hall–Kier alpha value is -0.120. The molecule has 2 heterocycles. The van der Waals surface area contributed by atoms with Gasteiger partial charge in [-0.25, -0.2) is 5.32 Å². The van der Waals surface area contributed by atoms with Gasteiger partial charge in [0.1, 0.15) is 0 Å². The Kier molecular flexibility index (Phi) is 3.58. The minimum Gasteiger partial charge on any atom is -0.317 e. The molecule has 1 radical (unpaired) electrons. The van der Waals surface area contributed by atoms with E-state index in [0.717, 1.165) is 19.0 Å². The zero-order chi connectivity index (χ0) is 8.93. The summed E-state index contributed by atoms with van der Waals surface area (Å²) in [5.74, 6) is 0.904. The Bertz CT molecular complexity index is 137. The first-order valence-corrected chi connectivity index (χ1v) is 5.52. The topological polar surface area (TPSA) is 38.2 Å². The highest BCUT2D eigenvalue weighted by Gasteiger charge is 2.18. The summed E-state index contributed by atoms with van der Waals surface area (Å²) in [6.45, 7) is 5.75. The fourth-order valence-electron chi connectivity index (χ4n) is 2.17. The summed E-state index contributed by atoms with van der Waals surface area (Å²) in [6, 6.07) is 0.690. The molecule has 0 bridgehead atoms. The predicted octanol–water partition coefficient (Wildman–Crippen LogP) is -0.0477. The molecule has 2 fully saturated rings. The van der Waals surface area contributed by atoms with Crippen LogP contribution in [0.2, 0.25) is 0 Å². The van der Waals surface area contributed by atoms with E-state index in [1.165, 1.54) is 38.9 Å². The van der Waals surface area contributed by atoms with Crippen molar-refractivity contribution in [2.45, 2.75) is 25.3 Å². The maximum atomic E-state index is 4.35. The van der Waals surface area contributed by atoms with E-state index < -0.39 is 0 Å².